The highest BCUT2D eigenvalue weighted by Gasteiger charge is 2.41. The summed E-state index contributed by atoms with van der Waals surface area (Å²) < 4.78 is 12.8. The highest BCUT2D eigenvalue weighted by Crippen LogP contribution is 2.44. The lowest BCUT2D eigenvalue weighted by Gasteiger charge is -2.39. The molecule has 0 aromatic heterocycles. The second-order valence-electron chi connectivity index (χ2n) is 6.52. The van der Waals surface area contributed by atoms with E-state index < -0.39 is 5.79 Å². The highest BCUT2D eigenvalue weighted by molar-refractivity contribution is 5.71. The van der Waals surface area contributed by atoms with Gasteiger partial charge in [0.15, 0.2) is 0 Å². The summed E-state index contributed by atoms with van der Waals surface area (Å²) in [5.41, 5.74) is 4.25. The van der Waals surface area contributed by atoms with Gasteiger partial charge in [0.2, 0.25) is 0 Å². The summed E-state index contributed by atoms with van der Waals surface area (Å²) in [7, 11) is 4.04. The van der Waals surface area contributed by atoms with E-state index in [0.717, 1.165) is 33.9 Å². The molecule has 2 aromatic carbocycles. The number of anilines is 1. The van der Waals surface area contributed by atoms with Crippen LogP contribution in [0.4, 0.5) is 5.69 Å². The first-order valence-corrected chi connectivity index (χ1v) is 8.41. The zero-order valence-corrected chi connectivity index (χ0v) is 14.5. The maximum absolute atomic E-state index is 6.42. The molecule has 4 rings (SSSR count). The Bertz CT molecular complexity index is 895. The summed E-state index contributed by atoms with van der Waals surface area (Å²) in [6, 6.07) is 14.2. The van der Waals surface area contributed by atoms with Crippen LogP contribution in [0.5, 0.6) is 11.5 Å². The molecule has 0 bridgehead atoms. The van der Waals surface area contributed by atoms with Crippen molar-refractivity contribution < 1.29 is 9.47 Å². The molecule has 1 unspecified atom stereocenters. The van der Waals surface area contributed by atoms with E-state index in [4.69, 9.17) is 9.47 Å². The molecule has 0 amide bonds. The molecule has 0 N–H and O–H groups in total. The monoisotopic (exact) mass is 331 g/mol. The Morgan fingerprint density at radius 1 is 1.04 bits per heavy atom. The van der Waals surface area contributed by atoms with Crippen LogP contribution in [0.25, 0.3) is 12.2 Å². The molecular formula is C22H21NO2. The van der Waals surface area contributed by atoms with Crippen LogP contribution in [0, 0.1) is 0 Å². The molecule has 2 aliphatic heterocycles. The van der Waals surface area contributed by atoms with Gasteiger partial charge >= 0.3 is 0 Å². The Morgan fingerprint density at radius 2 is 1.84 bits per heavy atom. The van der Waals surface area contributed by atoms with Crippen molar-refractivity contribution in [1.29, 1.82) is 0 Å². The first kappa shape index (κ1) is 15.6. The minimum Gasteiger partial charge on any atom is -0.444 e. The van der Waals surface area contributed by atoms with Crippen LogP contribution in [0.3, 0.4) is 0 Å². The third-order valence-electron chi connectivity index (χ3n) is 4.58. The lowest BCUT2D eigenvalue weighted by atomic mass is 9.93. The third kappa shape index (κ3) is 2.62. The maximum Gasteiger partial charge on any atom is 0.295 e. The van der Waals surface area contributed by atoms with Gasteiger partial charge < -0.3 is 14.4 Å². The van der Waals surface area contributed by atoms with Crippen molar-refractivity contribution in [1.82, 2.24) is 0 Å². The highest BCUT2D eigenvalue weighted by atomic mass is 16.7. The van der Waals surface area contributed by atoms with Gasteiger partial charge in [-0.1, -0.05) is 24.3 Å². The fraction of sp³-hybridized carbons (Fsp3) is 0.182. The molecule has 1 atom stereocenters. The van der Waals surface area contributed by atoms with Crippen molar-refractivity contribution in [3.8, 4) is 11.5 Å². The molecule has 3 heteroatoms. The number of para-hydroxylation sites is 1. The van der Waals surface area contributed by atoms with Crippen molar-refractivity contribution in [2.75, 3.05) is 19.0 Å². The summed E-state index contributed by atoms with van der Waals surface area (Å²) in [5, 5.41) is 0. The number of nitrogens with zero attached hydrogens (tertiary/aromatic N) is 1. The molecule has 0 saturated carbocycles. The number of ether oxygens (including phenoxy) is 2. The minimum absolute atomic E-state index is 0.696. The predicted octanol–water partition coefficient (Wildman–Crippen LogP) is 4.91. The molecule has 0 radical (unpaired) electrons. The van der Waals surface area contributed by atoms with E-state index in [1.54, 1.807) is 0 Å². The first-order chi connectivity index (χ1) is 12.1. The maximum atomic E-state index is 6.42. The minimum atomic E-state index is -0.916. The molecular weight excluding hydrogens is 310 g/mol. The van der Waals surface area contributed by atoms with Gasteiger partial charge in [0, 0.05) is 48.6 Å². The lowest BCUT2D eigenvalue weighted by molar-refractivity contribution is -0.0426. The number of fused-ring (bicyclic) bond motifs is 2. The van der Waals surface area contributed by atoms with Crippen LogP contribution in [-0.2, 0) is 0 Å². The molecule has 1 spiro atoms. The largest absolute Gasteiger partial charge is 0.444 e. The second kappa shape index (κ2) is 5.85. The quantitative estimate of drug-likeness (QED) is 0.746. The topological polar surface area (TPSA) is 21.7 Å². The predicted molar refractivity (Wildman–Crippen MR) is 103 cm³/mol. The SMILES string of the molecule is C=CCC1=Cc2ccc(N(C)C)cc2OC12C=Cc1ccccc1O2. The number of allylic oxidation sites excluding steroid dienone is 1. The van der Waals surface area contributed by atoms with Gasteiger partial charge in [0.05, 0.1) is 0 Å². The van der Waals surface area contributed by atoms with Gasteiger partial charge in [-0.15, -0.1) is 6.58 Å². The Hall–Kier alpha value is -2.94. The summed E-state index contributed by atoms with van der Waals surface area (Å²) in [5.74, 6) is 0.732. The molecule has 2 aliphatic rings. The van der Waals surface area contributed by atoms with Gasteiger partial charge in [-0.2, -0.15) is 0 Å². The Labute approximate surface area is 148 Å². The summed E-state index contributed by atoms with van der Waals surface area (Å²) >= 11 is 0. The van der Waals surface area contributed by atoms with Gasteiger partial charge in [-0.05, 0) is 36.8 Å². The zero-order chi connectivity index (χ0) is 17.4. The van der Waals surface area contributed by atoms with Gasteiger partial charge in [-0.3, -0.25) is 0 Å². The number of hydrogen-bond acceptors (Lipinski definition) is 3. The van der Waals surface area contributed by atoms with Crippen LogP contribution in [0.2, 0.25) is 0 Å². The molecule has 0 fully saturated rings. The lowest BCUT2D eigenvalue weighted by Crippen LogP contribution is -2.45. The van der Waals surface area contributed by atoms with Crippen LogP contribution in [0.1, 0.15) is 17.5 Å². The molecule has 0 saturated heterocycles. The molecule has 25 heavy (non-hydrogen) atoms. The van der Waals surface area contributed by atoms with Crippen molar-refractivity contribution >= 4 is 17.8 Å². The van der Waals surface area contributed by atoms with Crippen LogP contribution < -0.4 is 14.4 Å². The summed E-state index contributed by atoms with van der Waals surface area (Å²) in [6.45, 7) is 3.89. The van der Waals surface area contributed by atoms with Crippen LogP contribution >= 0.6 is 0 Å². The molecule has 2 heterocycles. The van der Waals surface area contributed by atoms with Gasteiger partial charge in [-0.25, -0.2) is 0 Å². The average molecular weight is 331 g/mol. The van der Waals surface area contributed by atoms with E-state index in [9.17, 15) is 0 Å². The fourth-order valence-electron chi connectivity index (χ4n) is 3.22. The van der Waals surface area contributed by atoms with E-state index in [1.807, 2.05) is 50.5 Å². The molecule has 0 aliphatic carbocycles. The smallest absolute Gasteiger partial charge is 0.295 e. The molecule has 3 nitrogen and oxygen atoms in total. The third-order valence-corrected chi connectivity index (χ3v) is 4.58. The Balaban J connectivity index is 1.81. The molecule has 2 aromatic rings. The van der Waals surface area contributed by atoms with Crippen molar-refractivity contribution in [2.24, 2.45) is 0 Å². The summed E-state index contributed by atoms with van der Waals surface area (Å²) in [4.78, 5) is 2.06. The van der Waals surface area contributed by atoms with Crippen molar-refractivity contribution in [3.05, 3.63) is 77.9 Å². The Kier molecular flexibility index (Phi) is 3.65. The van der Waals surface area contributed by atoms with Crippen LogP contribution in [-0.4, -0.2) is 19.9 Å². The first-order valence-electron chi connectivity index (χ1n) is 8.41. The number of hydrogen-bond donors (Lipinski definition) is 0. The van der Waals surface area contributed by atoms with E-state index in [2.05, 4.69) is 41.8 Å². The van der Waals surface area contributed by atoms with Crippen molar-refractivity contribution in [2.45, 2.75) is 12.2 Å². The van der Waals surface area contributed by atoms with E-state index in [-0.39, 0.29) is 0 Å². The van der Waals surface area contributed by atoms with Gasteiger partial charge in [0.25, 0.3) is 5.79 Å². The van der Waals surface area contributed by atoms with E-state index >= 15 is 0 Å². The van der Waals surface area contributed by atoms with Crippen molar-refractivity contribution in [3.63, 3.8) is 0 Å². The Morgan fingerprint density at radius 3 is 2.64 bits per heavy atom. The number of rotatable bonds is 3. The summed E-state index contributed by atoms with van der Waals surface area (Å²) in [6.07, 6.45) is 8.79. The fourth-order valence-corrected chi connectivity index (χ4v) is 3.22. The average Bonchev–Trinajstić information content (AvgIpc) is 2.62. The zero-order valence-electron chi connectivity index (χ0n) is 14.5. The second-order valence-corrected chi connectivity index (χ2v) is 6.52. The van der Waals surface area contributed by atoms with Gasteiger partial charge in [0.1, 0.15) is 11.5 Å². The van der Waals surface area contributed by atoms with Crippen LogP contribution in [0.15, 0.2) is 66.8 Å². The molecule has 126 valence electrons. The number of benzene rings is 2. The standard InChI is InChI=1S/C22H21NO2/c1-4-7-18-14-17-10-11-19(23(2)3)15-21(17)25-22(18)13-12-16-8-5-6-9-20(16)24-22/h4-6,8-15H,1,7H2,2-3H3. The normalized spacial score (nSPS) is 20.0. The van der Waals surface area contributed by atoms with E-state index in [1.165, 1.54) is 0 Å². The van der Waals surface area contributed by atoms with E-state index in [0.29, 0.717) is 6.42 Å².